The van der Waals surface area contributed by atoms with E-state index in [1.165, 1.54) is 5.56 Å². The highest BCUT2D eigenvalue weighted by Gasteiger charge is 2.41. The lowest BCUT2D eigenvalue weighted by Crippen LogP contribution is -2.50. The van der Waals surface area contributed by atoms with Gasteiger partial charge in [0.05, 0.1) is 18.8 Å². The minimum atomic E-state index is 0. The number of ether oxygens (including phenoxy) is 3. The Balaban J connectivity index is 0.00000306. The number of guanidine groups is 1. The number of aliphatic imine (C=N–C) groups is 1. The topological polar surface area (TPSA) is 58.6 Å². The van der Waals surface area contributed by atoms with Crippen molar-refractivity contribution in [1.29, 1.82) is 0 Å². The van der Waals surface area contributed by atoms with Crippen molar-refractivity contribution in [2.75, 3.05) is 65.8 Å². The number of halogens is 1. The number of nitrogens with zero attached hydrogens (tertiary/aromatic N) is 3. The number of benzene rings is 1. The number of morpholine rings is 1. The number of hydrogen-bond acceptors (Lipinski definition) is 5. The normalized spacial score (nSPS) is 24.4. The molecule has 3 saturated heterocycles. The molecule has 0 saturated carbocycles. The van der Waals surface area contributed by atoms with Crippen molar-refractivity contribution in [2.45, 2.75) is 44.9 Å². The Hall–Kier alpha value is -0.940. The lowest BCUT2D eigenvalue weighted by molar-refractivity contribution is -0.0502. The fraction of sp³-hybridized carbons (Fsp3) is 0.720. The summed E-state index contributed by atoms with van der Waals surface area (Å²) >= 11 is 0. The van der Waals surface area contributed by atoms with Gasteiger partial charge in [0.25, 0.3) is 0 Å². The van der Waals surface area contributed by atoms with Gasteiger partial charge in [0.2, 0.25) is 0 Å². The molecule has 0 aromatic heterocycles. The van der Waals surface area contributed by atoms with Gasteiger partial charge < -0.3 is 24.4 Å². The summed E-state index contributed by atoms with van der Waals surface area (Å²) in [6.07, 6.45) is 3.46. The maximum absolute atomic E-state index is 6.15. The molecule has 33 heavy (non-hydrogen) atoms. The van der Waals surface area contributed by atoms with Crippen molar-refractivity contribution in [3.8, 4) is 0 Å². The lowest BCUT2D eigenvalue weighted by Gasteiger charge is -2.36. The molecule has 1 N–H and O–H groups in total. The summed E-state index contributed by atoms with van der Waals surface area (Å²) in [5.74, 6) is 1.67. The molecule has 8 heteroatoms. The first kappa shape index (κ1) is 26.7. The van der Waals surface area contributed by atoms with Crippen LogP contribution >= 0.6 is 24.0 Å². The predicted molar refractivity (Wildman–Crippen MR) is 142 cm³/mol. The van der Waals surface area contributed by atoms with E-state index in [0.717, 1.165) is 97.5 Å². The van der Waals surface area contributed by atoms with E-state index in [4.69, 9.17) is 19.2 Å². The lowest BCUT2D eigenvalue weighted by atomic mass is 10.0. The van der Waals surface area contributed by atoms with Crippen LogP contribution in [0.25, 0.3) is 0 Å². The number of rotatable bonds is 9. The summed E-state index contributed by atoms with van der Waals surface area (Å²) in [5.41, 5.74) is 1.37. The molecule has 7 nitrogen and oxygen atoms in total. The average Bonchev–Trinajstić information content (AvgIpc) is 3.27. The van der Waals surface area contributed by atoms with E-state index in [9.17, 15) is 0 Å². The first-order valence-electron chi connectivity index (χ1n) is 12.4. The van der Waals surface area contributed by atoms with E-state index in [2.05, 4.69) is 52.4 Å². The van der Waals surface area contributed by atoms with Crippen LogP contribution in [0.15, 0.2) is 35.3 Å². The highest BCUT2D eigenvalue weighted by atomic mass is 127. The summed E-state index contributed by atoms with van der Waals surface area (Å²) in [6.45, 7) is 11.8. The van der Waals surface area contributed by atoms with Gasteiger partial charge in [-0.25, -0.2) is 0 Å². The summed E-state index contributed by atoms with van der Waals surface area (Å²) in [6, 6.07) is 11.2. The van der Waals surface area contributed by atoms with E-state index >= 15 is 0 Å². The van der Waals surface area contributed by atoms with E-state index in [1.54, 1.807) is 0 Å². The molecular formula is C25H41IN4O3. The Morgan fingerprint density at radius 1 is 1.15 bits per heavy atom. The Kier molecular flexibility index (Phi) is 11.7. The molecule has 1 aromatic rings. The Bertz CT molecular complexity index is 702. The van der Waals surface area contributed by atoms with Gasteiger partial charge in [-0.05, 0) is 37.7 Å². The highest BCUT2D eigenvalue weighted by molar-refractivity contribution is 14.0. The van der Waals surface area contributed by atoms with Crippen LogP contribution in [-0.2, 0) is 20.8 Å². The minimum Gasteiger partial charge on any atom is -0.381 e. The van der Waals surface area contributed by atoms with Crippen molar-refractivity contribution >= 4 is 29.9 Å². The van der Waals surface area contributed by atoms with Crippen LogP contribution in [0, 0.1) is 5.92 Å². The number of hydrogen-bond donors (Lipinski definition) is 1. The SMILES string of the molecule is CCNC(=NCCCOCC1CCOCC1)N1CC2OCCN(Cc3ccccc3)C2C1.I. The molecule has 2 atom stereocenters. The van der Waals surface area contributed by atoms with E-state index < -0.39 is 0 Å². The van der Waals surface area contributed by atoms with Gasteiger partial charge in [-0.15, -0.1) is 24.0 Å². The molecule has 0 amide bonds. The van der Waals surface area contributed by atoms with Crippen LogP contribution < -0.4 is 5.32 Å². The summed E-state index contributed by atoms with van der Waals surface area (Å²) in [5, 5.41) is 3.49. The van der Waals surface area contributed by atoms with Crippen molar-refractivity contribution in [3.05, 3.63) is 35.9 Å². The molecule has 4 rings (SSSR count). The third-order valence-corrected chi connectivity index (χ3v) is 6.68. The standard InChI is InChI=1S/C25H40N4O3.HI/c1-2-26-25(27-11-6-13-31-20-22-9-14-30-15-10-22)29-18-23-24(19-29)32-16-12-28(23)17-21-7-4-3-5-8-21;/h3-5,7-8,22-24H,2,6,9-20H2,1H3,(H,26,27);1H. The van der Waals surface area contributed by atoms with Crippen molar-refractivity contribution in [1.82, 2.24) is 15.1 Å². The Labute approximate surface area is 216 Å². The molecule has 3 aliphatic rings. The fourth-order valence-electron chi connectivity index (χ4n) is 4.89. The van der Waals surface area contributed by atoms with Gasteiger partial charge in [-0.3, -0.25) is 9.89 Å². The summed E-state index contributed by atoms with van der Waals surface area (Å²) in [7, 11) is 0. The summed E-state index contributed by atoms with van der Waals surface area (Å²) in [4.78, 5) is 9.86. The van der Waals surface area contributed by atoms with E-state index in [-0.39, 0.29) is 30.1 Å². The van der Waals surface area contributed by atoms with Gasteiger partial charge in [0.1, 0.15) is 0 Å². The highest BCUT2D eigenvalue weighted by Crippen LogP contribution is 2.24. The summed E-state index contributed by atoms with van der Waals surface area (Å²) < 4.78 is 17.5. The number of nitrogens with one attached hydrogen (secondary N) is 1. The van der Waals surface area contributed by atoms with Gasteiger partial charge in [-0.2, -0.15) is 0 Å². The maximum atomic E-state index is 6.15. The zero-order chi connectivity index (χ0) is 22.0. The van der Waals surface area contributed by atoms with Crippen LogP contribution in [0.2, 0.25) is 0 Å². The van der Waals surface area contributed by atoms with Gasteiger partial charge in [0, 0.05) is 65.7 Å². The molecule has 1 aromatic carbocycles. The fourth-order valence-corrected chi connectivity index (χ4v) is 4.89. The molecule has 0 radical (unpaired) electrons. The molecule has 3 aliphatic heterocycles. The van der Waals surface area contributed by atoms with E-state index in [1.807, 2.05) is 0 Å². The van der Waals surface area contributed by atoms with Crippen LogP contribution in [-0.4, -0.2) is 93.7 Å². The zero-order valence-corrected chi connectivity index (χ0v) is 22.3. The van der Waals surface area contributed by atoms with Crippen molar-refractivity contribution < 1.29 is 14.2 Å². The molecular weight excluding hydrogens is 531 g/mol. The largest absolute Gasteiger partial charge is 0.381 e. The van der Waals surface area contributed by atoms with Crippen molar-refractivity contribution in [3.63, 3.8) is 0 Å². The second kappa shape index (κ2) is 14.5. The molecule has 0 spiro atoms. The molecule has 2 unspecified atom stereocenters. The molecule has 0 aliphatic carbocycles. The molecule has 3 fully saturated rings. The molecule has 3 heterocycles. The van der Waals surface area contributed by atoms with Crippen LogP contribution in [0.1, 0.15) is 31.7 Å². The van der Waals surface area contributed by atoms with Crippen LogP contribution in [0.4, 0.5) is 0 Å². The zero-order valence-electron chi connectivity index (χ0n) is 20.0. The second-order valence-electron chi connectivity index (χ2n) is 9.06. The van der Waals surface area contributed by atoms with Gasteiger partial charge >= 0.3 is 0 Å². The predicted octanol–water partition coefficient (Wildman–Crippen LogP) is 2.99. The van der Waals surface area contributed by atoms with Crippen molar-refractivity contribution in [2.24, 2.45) is 10.9 Å². The average molecular weight is 573 g/mol. The monoisotopic (exact) mass is 572 g/mol. The van der Waals surface area contributed by atoms with Gasteiger partial charge in [-0.1, -0.05) is 30.3 Å². The first-order valence-corrected chi connectivity index (χ1v) is 12.4. The molecule has 186 valence electrons. The third kappa shape index (κ3) is 8.06. The third-order valence-electron chi connectivity index (χ3n) is 6.68. The number of fused-ring (bicyclic) bond motifs is 1. The second-order valence-corrected chi connectivity index (χ2v) is 9.06. The van der Waals surface area contributed by atoms with Crippen LogP contribution in [0.5, 0.6) is 0 Å². The Morgan fingerprint density at radius 3 is 2.76 bits per heavy atom. The maximum Gasteiger partial charge on any atom is 0.194 e. The number of likely N-dealkylation sites (tertiary alicyclic amines) is 1. The Morgan fingerprint density at radius 2 is 1.97 bits per heavy atom. The van der Waals surface area contributed by atoms with E-state index in [0.29, 0.717) is 12.0 Å². The first-order chi connectivity index (χ1) is 15.8. The minimum absolute atomic E-state index is 0. The quantitative estimate of drug-likeness (QED) is 0.213. The van der Waals surface area contributed by atoms with Crippen LogP contribution in [0.3, 0.4) is 0 Å². The molecule has 0 bridgehead atoms. The smallest absolute Gasteiger partial charge is 0.194 e. The van der Waals surface area contributed by atoms with Gasteiger partial charge in [0.15, 0.2) is 5.96 Å².